The average molecular weight is 249 g/mol. The van der Waals surface area contributed by atoms with Crippen LogP contribution in [0.15, 0.2) is 30.3 Å². The molecule has 0 bridgehead atoms. The molecule has 18 heavy (non-hydrogen) atoms. The summed E-state index contributed by atoms with van der Waals surface area (Å²) in [5, 5.41) is 12.2. The lowest BCUT2D eigenvalue weighted by Gasteiger charge is -2.25. The summed E-state index contributed by atoms with van der Waals surface area (Å²) in [5.41, 5.74) is 0.978. The first-order valence-electron chi connectivity index (χ1n) is 6.39. The van der Waals surface area contributed by atoms with E-state index in [2.05, 4.69) is 5.32 Å². The molecule has 0 heterocycles. The van der Waals surface area contributed by atoms with Crippen LogP contribution in [0.3, 0.4) is 0 Å². The zero-order chi connectivity index (χ0) is 12.8. The summed E-state index contributed by atoms with van der Waals surface area (Å²) in [5.74, 6) is 0. The van der Waals surface area contributed by atoms with Gasteiger partial charge >= 0.3 is 6.09 Å². The van der Waals surface area contributed by atoms with E-state index in [9.17, 15) is 9.90 Å². The van der Waals surface area contributed by atoms with Gasteiger partial charge < -0.3 is 15.2 Å². The second kappa shape index (κ2) is 6.40. The van der Waals surface area contributed by atoms with Crippen molar-refractivity contribution in [3.63, 3.8) is 0 Å². The quantitative estimate of drug-likeness (QED) is 0.863. The van der Waals surface area contributed by atoms with Gasteiger partial charge in [0, 0.05) is 6.04 Å². The van der Waals surface area contributed by atoms with Crippen LogP contribution in [0, 0.1) is 0 Å². The lowest BCUT2D eigenvalue weighted by atomic mass is 9.93. The molecule has 1 saturated carbocycles. The largest absolute Gasteiger partial charge is 0.445 e. The number of nitrogens with one attached hydrogen (secondary N) is 1. The summed E-state index contributed by atoms with van der Waals surface area (Å²) in [6.45, 7) is 0.294. The number of carbonyl (C=O) groups excluding carboxylic acids is 1. The first kappa shape index (κ1) is 12.9. The van der Waals surface area contributed by atoms with Crippen LogP contribution in [0.1, 0.15) is 31.2 Å². The number of aliphatic hydroxyl groups is 1. The molecule has 98 valence electrons. The third kappa shape index (κ3) is 4.04. The molecule has 2 N–H and O–H groups in total. The van der Waals surface area contributed by atoms with Gasteiger partial charge in [0.1, 0.15) is 6.61 Å². The Morgan fingerprint density at radius 1 is 1.22 bits per heavy atom. The maximum Gasteiger partial charge on any atom is 0.407 e. The highest BCUT2D eigenvalue weighted by Gasteiger charge is 2.21. The van der Waals surface area contributed by atoms with Gasteiger partial charge in [0.15, 0.2) is 0 Å². The van der Waals surface area contributed by atoms with Gasteiger partial charge in [0.2, 0.25) is 0 Å². The average Bonchev–Trinajstić information content (AvgIpc) is 2.40. The van der Waals surface area contributed by atoms with E-state index in [-0.39, 0.29) is 18.2 Å². The second-order valence-electron chi connectivity index (χ2n) is 4.71. The zero-order valence-corrected chi connectivity index (χ0v) is 10.3. The minimum absolute atomic E-state index is 0.136. The van der Waals surface area contributed by atoms with Gasteiger partial charge in [0.25, 0.3) is 0 Å². The molecule has 0 radical (unpaired) electrons. The van der Waals surface area contributed by atoms with Crippen molar-refractivity contribution in [3.05, 3.63) is 35.9 Å². The minimum Gasteiger partial charge on any atom is -0.445 e. The molecule has 4 nitrogen and oxygen atoms in total. The van der Waals surface area contributed by atoms with Gasteiger partial charge in [-0.1, -0.05) is 30.3 Å². The van der Waals surface area contributed by atoms with Gasteiger partial charge in [0.05, 0.1) is 6.10 Å². The maximum atomic E-state index is 11.6. The number of rotatable bonds is 3. The Labute approximate surface area is 107 Å². The topological polar surface area (TPSA) is 58.6 Å². The van der Waals surface area contributed by atoms with Crippen molar-refractivity contribution in [2.45, 2.75) is 44.4 Å². The SMILES string of the molecule is O=C(NC1CCC(O)CC1)OCc1ccccc1. The first-order chi connectivity index (χ1) is 8.74. The van der Waals surface area contributed by atoms with Crippen molar-refractivity contribution in [2.75, 3.05) is 0 Å². The molecular weight excluding hydrogens is 230 g/mol. The van der Waals surface area contributed by atoms with Crippen molar-refractivity contribution in [3.8, 4) is 0 Å². The van der Waals surface area contributed by atoms with Gasteiger partial charge in [-0.15, -0.1) is 0 Å². The lowest BCUT2D eigenvalue weighted by molar-refractivity contribution is 0.104. The Morgan fingerprint density at radius 3 is 2.56 bits per heavy atom. The second-order valence-corrected chi connectivity index (χ2v) is 4.71. The summed E-state index contributed by atoms with van der Waals surface area (Å²) in [4.78, 5) is 11.6. The highest BCUT2D eigenvalue weighted by Crippen LogP contribution is 2.18. The Kier molecular flexibility index (Phi) is 4.59. The van der Waals surface area contributed by atoms with Crippen molar-refractivity contribution < 1.29 is 14.6 Å². The van der Waals surface area contributed by atoms with E-state index >= 15 is 0 Å². The molecule has 1 aliphatic rings. The van der Waals surface area contributed by atoms with Crippen molar-refractivity contribution in [2.24, 2.45) is 0 Å². The van der Waals surface area contributed by atoms with E-state index in [1.54, 1.807) is 0 Å². The van der Waals surface area contributed by atoms with Gasteiger partial charge in [-0.25, -0.2) is 4.79 Å². The zero-order valence-electron chi connectivity index (χ0n) is 10.3. The number of hydrogen-bond acceptors (Lipinski definition) is 3. The number of alkyl carbamates (subject to hydrolysis) is 1. The van der Waals surface area contributed by atoms with E-state index in [0.717, 1.165) is 31.2 Å². The molecule has 0 atom stereocenters. The van der Waals surface area contributed by atoms with E-state index in [1.165, 1.54) is 0 Å². The molecular formula is C14H19NO3. The van der Waals surface area contributed by atoms with Crippen LogP contribution in [0.2, 0.25) is 0 Å². The van der Waals surface area contributed by atoms with Crippen LogP contribution < -0.4 is 5.32 Å². The smallest absolute Gasteiger partial charge is 0.407 e. The third-order valence-electron chi connectivity index (χ3n) is 3.23. The molecule has 0 saturated heterocycles. The Hall–Kier alpha value is -1.55. The van der Waals surface area contributed by atoms with Crippen LogP contribution in [0.25, 0.3) is 0 Å². The number of hydrogen-bond donors (Lipinski definition) is 2. The summed E-state index contributed by atoms with van der Waals surface area (Å²) < 4.78 is 5.15. The Morgan fingerprint density at radius 2 is 1.89 bits per heavy atom. The van der Waals surface area contributed by atoms with E-state index in [4.69, 9.17) is 4.74 Å². The fraction of sp³-hybridized carbons (Fsp3) is 0.500. The van der Waals surface area contributed by atoms with Crippen LogP contribution in [0.5, 0.6) is 0 Å². The summed E-state index contributed by atoms with van der Waals surface area (Å²) in [6, 6.07) is 9.74. The monoisotopic (exact) mass is 249 g/mol. The predicted molar refractivity (Wildman–Crippen MR) is 68.0 cm³/mol. The summed E-state index contributed by atoms with van der Waals surface area (Å²) >= 11 is 0. The molecule has 1 aliphatic carbocycles. The molecule has 2 rings (SSSR count). The number of carbonyl (C=O) groups is 1. The molecule has 0 aromatic heterocycles. The van der Waals surface area contributed by atoms with Crippen LogP contribution in [0.4, 0.5) is 4.79 Å². The maximum absolute atomic E-state index is 11.6. The molecule has 0 unspecified atom stereocenters. The summed E-state index contributed by atoms with van der Waals surface area (Å²) in [6.07, 6.45) is 2.57. The molecule has 1 amide bonds. The lowest BCUT2D eigenvalue weighted by Crippen LogP contribution is -2.38. The molecule has 1 aromatic rings. The van der Waals surface area contributed by atoms with Gasteiger partial charge in [-0.2, -0.15) is 0 Å². The number of benzene rings is 1. The number of amides is 1. The summed E-state index contributed by atoms with van der Waals surface area (Å²) in [7, 11) is 0. The standard InChI is InChI=1S/C14H19NO3/c16-13-8-6-12(7-9-13)15-14(17)18-10-11-4-2-1-3-5-11/h1-5,12-13,16H,6-10H2,(H,15,17). The van der Waals surface area contributed by atoms with Crippen LogP contribution in [-0.2, 0) is 11.3 Å². The van der Waals surface area contributed by atoms with Crippen LogP contribution in [-0.4, -0.2) is 23.3 Å². The Bertz CT molecular complexity index is 372. The highest BCUT2D eigenvalue weighted by atomic mass is 16.5. The minimum atomic E-state index is -0.375. The van der Waals surface area contributed by atoms with Crippen molar-refractivity contribution in [1.82, 2.24) is 5.32 Å². The molecule has 0 spiro atoms. The van der Waals surface area contributed by atoms with Gasteiger partial charge in [-0.3, -0.25) is 0 Å². The first-order valence-corrected chi connectivity index (χ1v) is 6.39. The Balaban J connectivity index is 1.69. The van der Waals surface area contributed by atoms with Crippen LogP contribution >= 0.6 is 0 Å². The van der Waals surface area contributed by atoms with E-state index in [1.807, 2.05) is 30.3 Å². The normalized spacial score (nSPS) is 23.4. The van der Waals surface area contributed by atoms with E-state index in [0.29, 0.717) is 6.61 Å². The van der Waals surface area contributed by atoms with E-state index < -0.39 is 0 Å². The highest BCUT2D eigenvalue weighted by molar-refractivity contribution is 5.67. The fourth-order valence-electron chi connectivity index (χ4n) is 2.15. The number of ether oxygens (including phenoxy) is 1. The van der Waals surface area contributed by atoms with Gasteiger partial charge in [-0.05, 0) is 31.2 Å². The number of aliphatic hydroxyl groups excluding tert-OH is 1. The van der Waals surface area contributed by atoms with Crippen molar-refractivity contribution in [1.29, 1.82) is 0 Å². The molecule has 1 aromatic carbocycles. The molecule has 1 fully saturated rings. The third-order valence-corrected chi connectivity index (χ3v) is 3.23. The predicted octanol–water partition coefficient (Wildman–Crippen LogP) is 2.22. The molecule has 4 heteroatoms. The fourth-order valence-corrected chi connectivity index (χ4v) is 2.15. The molecule has 0 aliphatic heterocycles. The van der Waals surface area contributed by atoms with Crippen molar-refractivity contribution >= 4 is 6.09 Å².